The molecule has 3 heteroatoms. The second-order valence-corrected chi connectivity index (χ2v) is 6.24. The number of thiophene rings is 1. The Morgan fingerprint density at radius 1 is 1.62 bits per heavy atom. The van der Waals surface area contributed by atoms with Gasteiger partial charge in [-0.2, -0.15) is 0 Å². The quantitative estimate of drug-likeness (QED) is 0.887. The fourth-order valence-corrected chi connectivity index (χ4v) is 3.58. The summed E-state index contributed by atoms with van der Waals surface area (Å²) < 4.78 is 1.24. The monoisotopic (exact) mass is 261 g/mol. The van der Waals surface area contributed by atoms with Crippen LogP contribution in [0.3, 0.4) is 0 Å². The zero-order valence-corrected chi connectivity index (χ0v) is 10.8. The molecule has 74 valence electrons. The molecule has 0 aliphatic carbocycles. The summed E-state index contributed by atoms with van der Waals surface area (Å²) in [6.45, 7) is 7.25. The normalized spacial score (nSPS) is 15.8. The Hall–Kier alpha value is 0.140. The molecule has 1 aromatic heterocycles. The van der Waals surface area contributed by atoms with E-state index in [1.165, 1.54) is 14.2 Å². The van der Waals surface area contributed by atoms with Gasteiger partial charge in [0.15, 0.2) is 0 Å². The maximum atomic E-state index is 5.81. The first-order valence-corrected chi connectivity index (χ1v) is 6.11. The largest absolute Gasteiger partial charge is 0.330 e. The molecule has 0 bridgehead atoms. The van der Waals surface area contributed by atoms with Crippen LogP contribution < -0.4 is 5.73 Å². The highest BCUT2D eigenvalue weighted by molar-refractivity contribution is 9.11. The minimum Gasteiger partial charge on any atom is -0.330 e. The Labute approximate surface area is 92.5 Å². The highest BCUT2D eigenvalue weighted by atomic mass is 79.9. The van der Waals surface area contributed by atoms with Gasteiger partial charge in [0.2, 0.25) is 0 Å². The molecule has 0 saturated carbocycles. The van der Waals surface area contributed by atoms with E-state index < -0.39 is 0 Å². The maximum absolute atomic E-state index is 5.81. The summed E-state index contributed by atoms with van der Waals surface area (Å²) in [5.41, 5.74) is 7.30. The van der Waals surface area contributed by atoms with E-state index in [0.29, 0.717) is 6.54 Å². The summed E-state index contributed by atoms with van der Waals surface area (Å²) in [5, 5.41) is 0. The molecule has 1 atom stereocenters. The van der Waals surface area contributed by atoms with Crippen LogP contribution in [0.15, 0.2) is 9.85 Å². The molecule has 1 heterocycles. The van der Waals surface area contributed by atoms with Gasteiger partial charge < -0.3 is 5.73 Å². The van der Waals surface area contributed by atoms with E-state index >= 15 is 0 Å². The second-order valence-electron chi connectivity index (χ2n) is 3.66. The lowest BCUT2D eigenvalue weighted by Gasteiger charge is -2.26. The lowest BCUT2D eigenvalue weighted by Crippen LogP contribution is -2.30. The first-order chi connectivity index (χ1) is 6.03. The first-order valence-electron chi connectivity index (χ1n) is 4.50. The van der Waals surface area contributed by atoms with Crippen molar-refractivity contribution in [2.24, 2.45) is 5.73 Å². The SMILES string of the molecule is CCC(C)(CN)c1cc(C)sc1Br. The predicted octanol–water partition coefficient (Wildman–Crippen LogP) is 3.45. The number of nitrogens with two attached hydrogens (primary N) is 1. The van der Waals surface area contributed by atoms with E-state index in [1.807, 2.05) is 0 Å². The van der Waals surface area contributed by atoms with Crippen LogP contribution in [0.5, 0.6) is 0 Å². The highest BCUT2D eigenvalue weighted by Crippen LogP contribution is 2.37. The number of halogens is 1. The third-order valence-electron chi connectivity index (χ3n) is 2.69. The van der Waals surface area contributed by atoms with Gasteiger partial charge >= 0.3 is 0 Å². The van der Waals surface area contributed by atoms with Crippen molar-refractivity contribution in [1.29, 1.82) is 0 Å². The molecule has 1 nitrogen and oxygen atoms in total. The third kappa shape index (κ3) is 2.14. The number of hydrogen-bond acceptors (Lipinski definition) is 2. The molecule has 0 aromatic carbocycles. The summed E-state index contributed by atoms with van der Waals surface area (Å²) >= 11 is 5.39. The topological polar surface area (TPSA) is 26.0 Å². The van der Waals surface area contributed by atoms with Gasteiger partial charge in [-0.05, 0) is 40.9 Å². The Bertz CT molecular complexity index is 289. The van der Waals surface area contributed by atoms with Gasteiger partial charge in [-0.1, -0.05) is 13.8 Å². The Kier molecular flexibility index (Phi) is 3.55. The van der Waals surface area contributed by atoms with E-state index in [9.17, 15) is 0 Å². The van der Waals surface area contributed by atoms with Crippen molar-refractivity contribution >= 4 is 27.3 Å². The van der Waals surface area contributed by atoms with E-state index in [2.05, 4.69) is 42.8 Å². The Balaban J connectivity index is 3.11. The van der Waals surface area contributed by atoms with Gasteiger partial charge in [0.1, 0.15) is 0 Å². The molecule has 0 radical (unpaired) electrons. The smallest absolute Gasteiger partial charge is 0.0739 e. The van der Waals surface area contributed by atoms with Crippen LogP contribution >= 0.6 is 27.3 Å². The van der Waals surface area contributed by atoms with E-state index in [-0.39, 0.29) is 5.41 Å². The van der Waals surface area contributed by atoms with Gasteiger partial charge in [0, 0.05) is 16.8 Å². The third-order valence-corrected chi connectivity index (χ3v) is 4.44. The average molecular weight is 262 g/mol. The lowest BCUT2D eigenvalue weighted by atomic mass is 9.82. The van der Waals surface area contributed by atoms with Crippen molar-refractivity contribution in [2.75, 3.05) is 6.54 Å². The van der Waals surface area contributed by atoms with Crippen molar-refractivity contribution in [3.63, 3.8) is 0 Å². The van der Waals surface area contributed by atoms with Crippen molar-refractivity contribution in [2.45, 2.75) is 32.6 Å². The Morgan fingerprint density at radius 3 is 2.54 bits per heavy atom. The van der Waals surface area contributed by atoms with Crippen LogP contribution in [0.4, 0.5) is 0 Å². The fourth-order valence-electron chi connectivity index (χ4n) is 1.34. The second kappa shape index (κ2) is 4.11. The minimum atomic E-state index is 0.129. The van der Waals surface area contributed by atoms with E-state index in [4.69, 9.17) is 5.73 Å². The van der Waals surface area contributed by atoms with Crippen LogP contribution in [-0.2, 0) is 5.41 Å². The van der Waals surface area contributed by atoms with E-state index in [1.54, 1.807) is 11.3 Å². The highest BCUT2D eigenvalue weighted by Gasteiger charge is 2.26. The van der Waals surface area contributed by atoms with Gasteiger partial charge in [-0.15, -0.1) is 11.3 Å². The molecule has 1 rings (SSSR count). The van der Waals surface area contributed by atoms with Gasteiger partial charge in [0.05, 0.1) is 3.79 Å². The van der Waals surface area contributed by atoms with E-state index in [0.717, 1.165) is 6.42 Å². The summed E-state index contributed by atoms with van der Waals surface area (Å²) in [6, 6.07) is 2.24. The Morgan fingerprint density at radius 2 is 2.23 bits per heavy atom. The maximum Gasteiger partial charge on any atom is 0.0739 e. The summed E-state index contributed by atoms with van der Waals surface area (Å²) in [4.78, 5) is 1.34. The van der Waals surface area contributed by atoms with Crippen molar-refractivity contribution in [3.8, 4) is 0 Å². The van der Waals surface area contributed by atoms with Crippen molar-refractivity contribution in [3.05, 3.63) is 20.3 Å². The first kappa shape index (κ1) is 11.2. The summed E-state index contributed by atoms with van der Waals surface area (Å²) in [7, 11) is 0. The standard InChI is InChI=1S/C10H16BrNS/c1-4-10(3,6-12)8-5-7(2)13-9(8)11/h5H,4,6,12H2,1-3H3. The molecule has 0 fully saturated rings. The lowest BCUT2D eigenvalue weighted by molar-refractivity contribution is 0.467. The molecule has 1 unspecified atom stereocenters. The van der Waals surface area contributed by atoms with Crippen LogP contribution in [-0.4, -0.2) is 6.54 Å². The predicted molar refractivity (Wildman–Crippen MR) is 63.5 cm³/mol. The zero-order valence-electron chi connectivity index (χ0n) is 8.36. The number of aryl methyl sites for hydroxylation is 1. The molecule has 13 heavy (non-hydrogen) atoms. The van der Waals surface area contributed by atoms with Crippen molar-refractivity contribution in [1.82, 2.24) is 0 Å². The molecular formula is C10H16BrNS. The zero-order chi connectivity index (χ0) is 10.1. The number of rotatable bonds is 3. The summed E-state index contributed by atoms with van der Waals surface area (Å²) in [5.74, 6) is 0. The minimum absolute atomic E-state index is 0.129. The summed E-state index contributed by atoms with van der Waals surface area (Å²) in [6.07, 6.45) is 1.08. The van der Waals surface area contributed by atoms with Gasteiger partial charge in [0.25, 0.3) is 0 Å². The molecule has 2 N–H and O–H groups in total. The van der Waals surface area contributed by atoms with Crippen LogP contribution in [0.1, 0.15) is 30.7 Å². The van der Waals surface area contributed by atoms with Gasteiger partial charge in [-0.25, -0.2) is 0 Å². The molecular weight excluding hydrogens is 246 g/mol. The molecule has 0 aliphatic heterocycles. The molecule has 0 amide bonds. The van der Waals surface area contributed by atoms with Gasteiger partial charge in [-0.3, -0.25) is 0 Å². The van der Waals surface area contributed by atoms with Crippen LogP contribution in [0.2, 0.25) is 0 Å². The molecule has 0 saturated heterocycles. The van der Waals surface area contributed by atoms with Crippen LogP contribution in [0, 0.1) is 6.92 Å². The average Bonchev–Trinajstić information content (AvgIpc) is 2.44. The molecule has 1 aromatic rings. The van der Waals surface area contributed by atoms with Crippen LogP contribution in [0.25, 0.3) is 0 Å². The van der Waals surface area contributed by atoms with Crippen molar-refractivity contribution < 1.29 is 0 Å². The fraction of sp³-hybridized carbons (Fsp3) is 0.600. The number of hydrogen-bond donors (Lipinski definition) is 1. The molecule has 0 aliphatic rings. The molecule has 0 spiro atoms.